The number of imidazole rings is 1. The van der Waals surface area contributed by atoms with Gasteiger partial charge in [-0.25, -0.2) is 15.0 Å². The van der Waals surface area contributed by atoms with Gasteiger partial charge in [-0.1, -0.05) is 23.2 Å². The number of aromatic amines is 1. The molecule has 2 aromatic heterocycles. The van der Waals surface area contributed by atoms with E-state index in [1.54, 1.807) is 18.5 Å². The monoisotopic (exact) mass is 293 g/mol. The van der Waals surface area contributed by atoms with Gasteiger partial charge in [-0.05, 0) is 23.8 Å². The van der Waals surface area contributed by atoms with Crippen molar-refractivity contribution in [2.45, 2.75) is 6.54 Å². The van der Waals surface area contributed by atoms with E-state index in [9.17, 15) is 0 Å². The Morgan fingerprint density at radius 3 is 2.95 bits per heavy atom. The molecule has 0 saturated carbocycles. The third kappa shape index (κ3) is 2.47. The second-order valence-corrected chi connectivity index (χ2v) is 4.75. The van der Waals surface area contributed by atoms with Crippen molar-refractivity contribution in [3.8, 4) is 0 Å². The first-order valence-corrected chi connectivity index (χ1v) is 6.31. The van der Waals surface area contributed by atoms with Crippen LogP contribution in [0.15, 0.2) is 30.9 Å². The van der Waals surface area contributed by atoms with Crippen molar-refractivity contribution in [1.82, 2.24) is 19.9 Å². The highest BCUT2D eigenvalue weighted by molar-refractivity contribution is 6.33. The summed E-state index contributed by atoms with van der Waals surface area (Å²) in [6.07, 6.45) is 3.05. The molecular formula is C12H9Cl2N5. The highest BCUT2D eigenvalue weighted by Crippen LogP contribution is 2.22. The third-order valence-electron chi connectivity index (χ3n) is 2.67. The molecule has 0 atom stereocenters. The first kappa shape index (κ1) is 12.2. The Labute approximate surface area is 119 Å². The van der Waals surface area contributed by atoms with Crippen LogP contribution in [-0.2, 0) is 6.54 Å². The second-order valence-electron chi connectivity index (χ2n) is 3.91. The first-order chi connectivity index (χ1) is 9.24. The summed E-state index contributed by atoms with van der Waals surface area (Å²) < 4.78 is 0. The number of fused-ring (bicyclic) bond motifs is 1. The van der Waals surface area contributed by atoms with Crippen molar-refractivity contribution < 1.29 is 0 Å². The number of hydrogen-bond acceptors (Lipinski definition) is 4. The molecule has 3 rings (SSSR count). The van der Waals surface area contributed by atoms with Crippen molar-refractivity contribution in [3.63, 3.8) is 0 Å². The number of rotatable bonds is 3. The van der Waals surface area contributed by atoms with Crippen LogP contribution >= 0.6 is 23.2 Å². The van der Waals surface area contributed by atoms with Crippen LogP contribution in [0.1, 0.15) is 5.56 Å². The van der Waals surface area contributed by atoms with E-state index >= 15 is 0 Å². The molecule has 0 amide bonds. The van der Waals surface area contributed by atoms with Gasteiger partial charge in [0.2, 0.25) is 0 Å². The van der Waals surface area contributed by atoms with Gasteiger partial charge in [0, 0.05) is 16.6 Å². The van der Waals surface area contributed by atoms with Crippen molar-refractivity contribution in [2.75, 3.05) is 5.32 Å². The Balaban J connectivity index is 1.86. The molecule has 1 aromatic carbocycles. The minimum absolute atomic E-state index is 0.512. The van der Waals surface area contributed by atoms with Crippen LogP contribution in [0, 0.1) is 0 Å². The van der Waals surface area contributed by atoms with Crippen LogP contribution in [0.25, 0.3) is 11.2 Å². The van der Waals surface area contributed by atoms with Crippen LogP contribution < -0.4 is 5.32 Å². The molecule has 2 N–H and O–H groups in total. The molecule has 2 heterocycles. The summed E-state index contributed by atoms with van der Waals surface area (Å²) in [7, 11) is 0. The fourth-order valence-electron chi connectivity index (χ4n) is 1.75. The summed E-state index contributed by atoms with van der Waals surface area (Å²) >= 11 is 12.1. The standard InChI is InChI=1S/C12H9Cl2N5/c13-8-1-2-9(14)7(3-8)4-15-11-10-12(17-5-16-10)19-6-18-11/h1-3,5-6H,4H2,(H2,15,16,17,18,19). The highest BCUT2D eigenvalue weighted by atomic mass is 35.5. The molecule has 3 aromatic rings. The summed E-state index contributed by atoms with van der Waals surface area (Å²) in [4.78, 5) is 15.3. The maximum Gasteiger partial charge on any atom is 0.162 e. The van der Waals surface area contributed by atoms with Crippen molar-refractivity contribution in [3.05, 3.63) is 46.5 Å². The largest absolute Gasteiger partial charge is 0.364 e. The molecule has 0 radical (unpaired) electrons. The van der Waals surface area contributed by atoms with Crippen LogP contribution in [0.2, 0.25) is 10.0 Å². The molecule has 96 valence electrons. The van der Waals surface area contributed by atoms with E-state index in [4.69, 9.17) is 23.2 Å². The van der Waals surface area contributed by atoms with E-state index in [0.717, 1.165) is 5.56 Å². The van der Waals surface area contributed by atoms with E-state index in [2.05, 4.69) is 25.3 Å². The third-order valence-corrected chi connectivity index (χ3v) is 3.28. The SMILES string of the molecule is Clc1ccc(Cl)c(CNc2ncnc3[nH]cnc23)c1. The normalized spacial score (nSPS) is 10.8. The lowest BCUT2D eigenvalue weighted by molar-refractivity contribution is 1.10. The van der Waals surface area contributed by atoms with E-state index in [1.165, 1.54) is 6.33 Å². The Morgan fingerprint density at radius 1 is 1.16 bits per heavy atom. The van der Waals surface area contributed by atoms with Gasteiger partial charge in [-0.15, -0.1) is 0 Å². The molecule has 0 saturated heterocycles. The van der Waals surface area contributed by atoms with E-state index in [1.807, 2.05) is 6.07 Å². The number of anilines is 1. The quantitative estimate of drug-likeness (QED) is 0.778. The summed E-state index contributed by atoms with van der Waals surface area (Å²) in [6.45, 7) is 0.512. The van der Waals surface area contributed by atoms with Gasteiger partial charge in [0.05, 0.1) is 6.33 Å². The molecule has 19 heavy (non-hydrogen) atoms. The predicted octanol–water partition coefficient (Wildman–Crippen LogP) is 3.27. The van der Waals surface area contributed by atoms with Gasteiger partial charge in [0.25, 0.3) is 0 Å². The Hall–Kier alpha value is -1.85. The van der Waals surface area contributed by atoms with Crippen LogP contribution in [0.3, 0.4) is 0 Å². The van der Waals surface area contributed by atoms with E-state index in [-0.39, 0.29) is 0 Å². The fourth-order valence-corrected chi connectivity index (χ4v) is 2.13. The number of H-pyrrole nitrogens is 1. The fraction of sp³-hybridized carbons (Fsp3) is 0.0833. The summed E-state index contributed by atoms with van der Waals surface area (Å²) in [6, 6.07) is 5.34. The van der Waals surface area contributed by atoms with E-state index in [0.29, 0.717) is 33.6 Å². The lowest BCUT2D eigenvalue weighted by Gasteiger charge is -2.07. The van der Waals surface area contributed by atoms with Crippen molar-refractivity contribution in [2.24, 2.45) is 0 Å². The zero-order valence-electron chi connectivity index (χ0n) is 9.69. The average molecular weight is 294 g/mol. The molecule has 0 unspecified atom stereocenters. The molecule has 0 aliphatic carbocycles. The number of hydrogen-bond donors (Lipinski definition) is 2. The lowest BCUT2D eigenvalue weighted by atomic mass is 10.2. The second kappa shape index (κ2) is 5.03. The lowest BCUT2D eigenvalue weighted by Crippen LogP contribution is -2.03. The number of aromatic nitrogens is 4. The topological polar surface area (TPSA) is 66.5 Å². The van der Waals surface area contributed by atoms with Crippen LogP contribution in [0.5, 0.6) is 0 Å². The first-order valence-electron chi connectivity index (χ1n) is 5.56. The van der Waals surface area contributed by atoms with E-state index < -0.39 is 0 Å². The summed E-state index contributed by atoms with van der Waals surface area (Å²) in [5.41, 5.74) is 2.28. The van der Waals surface area contributed by atoms with Gasteiger partial charge in [-0.3, -0.25) is 0 Å². The maximum atomic E-state index is 6.11. The van der Waals surface area contributed by atoms with Crippen LogP contribution in [0.4, 0.5) is 5.82 Å². The smallest absolute Gasteiger partial charge is 0.162 e. The van der Waals surface area contributed by atoms with Gasteiger partial charge in [0.15, 0.2) is 11.5 Å². The zero-order valence-corrected chi connectivity index (χ0v) is 11.2. The van der Waals surface area contributed by atoms with Gasteiger partial charge in [0.1, 0.15) is 11.8 Å². The molecule has 0 fully saturated rings. The molecule has 0 spiro atoms. The zero-order chi connectivity index (χ0) is 13.2. The molecule has 5 nitrogen and oxygen atoms in total. The average Bonchev–Trinajstić information content (AvgIpc) is 2.88. The highest BCUT2D eigenvalue weighted by Gasteiger charge is 2.07. The minimum Gasteiger partial charge on any atom is -0.364 e. The molecular weight excluding hydrogens is 285 g/mol. The predicted molar refractivity (Wildman–Crippen MR) is 75.5 cm³/mol. The molecule has 7 heteroatoms. The number of halogens is 2. The Bertz CT molecular complexity index is 725. The summed E-state index contributed by atoms with van der Waals surface area (Å²) in [5.74, 6) is 0.655. The van der Waals surface area contributed by atoms with Gasteiger partial charge < -0.3 is 10.3 Å². The minimum atomic E-state index is 0.512. The maximum absolute atomic E-state index is 6.11. The molecule has 0 bridgehead atoms. The summed E-state index contributed by atoms with van der Waals surface area (Å²) in [5, 5.41) is 4.49. The van der Waals surface area contributed by atoms with Gasteiger partial charge >= 0.3 is 0 Å². The molecule has 0 aliphatic heterocycles. The number of nitrogens with one attached hydrogen (secondary N) is 2. The van der Waals surface area contributed by atoms with Crippen molar-refractivity contribution >= 4 is 40.2 Å². The Kier molecular flexibility index (Phi) is 3.23. The van der Waals surface area contributed by atoms with Crippen molar-refractivity contribution in [1.29, 1.82) is 0 Å². The van der Waals surface area contributed by atoms with Crippen LogP contribution in [-0.4, -0.2) is 19.9 Å². The van der Waals surface area contributed by atoms with Gasteiger partial charge in [-0.2, -0.15) is 0 Å². The number of benzene rings is 1. The number of nitrogens with zero attached hydrogens (tertiary/aromatic N) is 3. The Morgan fingerprint density at radius 2 is 2.05 bits per heavy atom. The molecule has 0 aliphatic rings.